The van der Waals surface area contributed by atoms with Crippen LogP contribution in [0.15, 0.2) is 35.4 Å². The Labute approximate surface area is 118 Å². The summed E-state index contributed by atoms with van der Waals surface area (Å²) in [6.45, 7) is 2.43. The summed E-state index contributed by atoms with van der Waals surface area (Å²) in [6.07, 6.45) is 2.77. The highest BCUT2D eigenvalue weighted by atomic mass is 16.4. The number of carbonyl (C=O) groups is 2. The summed E-state index contributed by atoms with van der Waals surface area (Å²) in [6, 6.07) is 7.90. The van der Waals surface area contributed by atoms with Gasteiger partial charge in [0.15, 0.2) is 0 Å². The summed E-state index contributed by atoms with van der Waals surface area (Å²) in [7, 11) is 0. The number of aryl methyl sites for hydroxylation is 1. The molecule has 1 amide bonds. The minimum Gasteiger partial charge on any atom is -0.478 e. The Morgan fingerprint density at radius 3 is 2.30 bits per heavy atom. The van der Waals surface area contributed by atoms with E-state index in [0.717, 1.165) is 18.4 Å². The molecule has 0 saturated carbocycles. The van der Waals surface area contributed by atoms with Crippen LogP contribution in [0.4, 0.5) is 0 Å². The third-order valence-electron chi connectivity index (χ3n) is 3.57. The number of rotatable bonds is 4. The summed E-state index contributed by atoms with van der Waals surface area (Å²) in [5, 5.41) is 11.9. The molecule has 0 atom stereocenters. The zero-order valence-electron chi connectivity index (χ0n) is 11.6. The zero-order chi connectivity index (χ0) is 14.5. The summed E-state index contributed by atoms with van der Waals surface area (Å²) >= 11 is 0. The maximum atomic E-state index is 12.1. The minimum absolute atomic E-state index is 0.248. The minimum atomic E-state index is -0.967. The highest BCUT2D eigenvalue weighted by Gasteiger charge is 2.23. The van der Waals surface area contributed by atoms with Gasteiger partial charge in [-0.3, -0.25) is 4.79 Å². The molecule has 0 radical (unpaired) electrons. The zero-order valence-corrected chi connectivity index (χ0v) is 11.6. The number of benzene rings is 1. The van der Waals surface area contributed by atoms with Crippen molar-refractivity contribution in [3.05, 3.63) is 46.5 Å². The third-order valence-corrected chi connectivity index (χ3v) is 3.57. The molecule has 4 heteroatoms. The molecular weight excluding hydrogens is 254 g/mol. The van der Waals surface area contributed by atoms with E-state index in [1.165, 1.54) is 5.56 Å². The van der Waals surface area contributed by atoms with Gasteiger partial charge in [0, 0.05) is 17.7 Å². The molecule has 1 aromatic rings. The molecule has 0 aliphatic heterocycles. The fraction of sp³-hybridized carbons (Fsp3) is 0.375. The molecule has 0 unspecified atom stereocenters. The summed E-state index contributed by atoms with van der Waals surface area (Å²) < 4.78 is 0. The summed E-state index contributed by atoms with van der Waals surface area (Å²) in [5.74, 6) is -1.21. The molecule has 2 N–H and O–H groups in total. The van der Waals surface area contributed by atoms with E-state index in [1.807, 2.05) is 31.2 Å². The van der Waals surface area contributed by atoms with Crippen LogP contribution in [-0.2, 0) is 16.1 Å². The van der Waals surface area contributed by atoms with Gasteiger partial charge in [-0.15, -0.1) is 0 Å². The van der Waals surface area contributed by atoms with Crippen molar-refractivity contribution < 1.29 is 14.7 Å². The van der Waals surface area contributed by atoms with E-state index in [4.69, 9.17) is 5.11 Å². The third kappa shape index (κ3) is 3.47. The molecule has 0 heterocycles. The number of carbonyl (C=O) groups excluding carboxylic acids is 1. The monoisotopic (exact) mass is 273 g/mol. The molecule has 1 aromatic carbocycles. The topological polar surface area (TPSA) is 66.4 Å². The number of hydrogen-bond donors (Lipinski definition) is 2. The number of amides is 1. The van der Waals surface area contributed by atoms with E-state index in [2.05, 4.69) is 5.32 Å². The van der Waals surface area contributed by atoms with E-state index < -0.39 is 5.97 Å². The predicted octanol–water partition coefficient (Wildman–Crippen LogP) is 2.57. The fourth-order valence-electron chi connectivity index (χ4n) is 2.39. The predicted molar refractivity (Wildman–Crippen MR) is 76.2 cm³/mol. The molecule has 0 spiro atoms. The number of carboxylic acids is 1. The van der Waals surface area contributed by atoms with Crippen molar-refractivity contribution in [3.63, 3.8) is 0 Å². The van der Waals surface area contributed by atoms with Crippen molar-refractivity contribution in [2.24, 2.45) is 0 Å². The Hall–Kier alpha value is -2.10. The molecule has 0 saturated heterocycles. The second-order valence-electron chi connectivity index (χ2n) is 5.14. The quantitative estimate of drug-likeness (QED) is 0.886. The van der Waals surface area contributed by atoms with Crippen LogP contribution in [0.25, 0.3) is 0 Å². The highest BCUT2D eigenvalue weighted by molar-refractivity contribution is 6.02. The lowest BCUT2D eigenvalue weighted by Crippen LogP contribution is -2.28. The van der Waals surface area contributed by atoms with Gasteiger partial charge < -0.3 is 10.4 Å². The molecular formula is C16H19NO3. The largest absolute Gasteiger partial charge is 0.478 e. The van der Waals surface area contributed by atoms with Gasteiger partial charge in [0.2, 0.25) is 5.91 Å². The van der Waals surface area contributed by atoms with Crippen LogP contribution in [-0.4, -0.2) is 17.0 Å². The Morgan fingerprint density at radius 2 is 1.70 bits per heavy atom. The van der Waals surface area contributed by atoms with Crippen LogP contribution >= 0.6 is 0 Å². The van der Waals surface area contributed by atoms with Crippen molar-refractivity contribution >= 4 is 11.9 Å². The Kier molecular flexibility index (Phi) is 4.56. The maximum Gasteiger partial charge on any atom is 0.332 e. The lowest BCUT2D eigenvalue weighted by molar-refractivity contribution is -0.133. The van der Waals surface area contributed by atoms with Crippen molar-refractivity contribution in [2.75, 3.05) is 0 Å². The first-order chi connectivity index (χ1) is 9.58. The van der Waals surface area contributed by atoms with E-state index in [9.17, 15) is 9.59 Å². The van der Waals surface area contributed by atoms with Crippen molar-refractivity contribution in [3.8, 4) is 0 Å². The Morgan fingerprint density at radius 1 is 1.10 bits per heavy atom. The van der Waals surface area contributed by atoms with Gasteiger partial charge in [0.25, 0.3) is 0 Å². The summed E-state index contributed by atoms with van der Waals surface area (Å²) in [4.78, 5) is 23.3. The smallest absolute Gasteiger partial charge is 0.332 e. The van der Waals surface area contributed by atoms with Crippen LogP contribution in [0.2, 0.25) is 0 Å². The number of hydrogen-bond acceptors (Lipinski definition) is 2. The number of aliphatic carboxylic acids is 1. The van der Waals surface area contributed by atoms with E-state index in [0.29, 0.717) is 25.0 Å². The van der Waals surface area contributed by atoms with Crippen LogP contribution in [0.5, 0.6) is 0 Å². The molecule has 1 aliphatic carbocycles. The second kappa shape index (κ2) is 6.37. The molecule has 0 aromatic heterocycles. The van der Waals surface area contributed by atoms with Gasteiger partial charge in [0.05, 0.1) is 0 Å². The fourth-order valence-corrected chi connectivity index (χ4v) is 2.39. The van der Waals surface area contributed by atoms with Crippen LogP contribution in [0.3, 0.4) is 0 Å². The lowest BCUT2D eigenvalue weighted by Gasteiger charge is -2.17. The molecule has 1 aliphatic rings. The average Bonchev–Trinajstić information content (AvgIpc) is 2.46. The molecule has 2 rings (SSSR count). The first-order valence-corrected chi connectivity index (χ1v) is 6.87. The van der Waals surface area contributed by atoms with Gasteiger partial charge in [-0.1, -0.05) is 29.8 Å². The normalized spacial score (nSPS) is 15.1. The molecule has 4 nitrogen and oxygen atoms in total. The SMILES string of the molecule is Cc1ccc(CNC(=O)C2=C(C(=O)O)CCCC2)cc1. The van der Waals surface area contributed by atoms with Gasteiger partial charge >= 0.3 is 5.97 Å². The molecule has 0 fully saturated rings. The van der Waals surface area contributed by atoms with E-state index in [1.54, 1.807) is 0 Å². The molecule has 106 valence electrons. The highest BCUT2D eigenvalue weighted by Crippen LogP contribution is 2.25. The number of nitrogens with one attached hydrogen (secondary N) is 1. The maximum absolute atomic E-state index is 12.1. The second-order valence-corrected chi connectivity index (χ2v) is 5.14. The first kappa shape index (κ1) is 14.3. The van der Waals surface area contributed by atoms with E-state index >= 15 is 0 Å². The standard InChI is InChI=1S/C16H19NO3/c1-11-6-8-12(9-7-11)10-17-15(18)13-4-2-3-5-14(13)16(19)20/h6-9H,2-5,10H2,1H3,(H,17,18)(H,19,20). The van der Waals surface area contributed by atoms with Crippen LogP contribution in [0, 0.1) is 6.92 Å². The van der Waals surface area contributed by atoms with Gasteiger partial charge in [-0.2, -0.15) is 0 Å². The number of carboxylic acid groups (broad SMARTS) is 1. The van der Waals surface area contributed by atoms with Crippen LogP contribution < -0.4 is 5.32 Å². The van der Waals surface area contributed by atoms with Gasteiger partial charge in [-0.25, -0.2) is 4.79 Å². The Balaban J connectivity index is 2.03. The Bertz CT molecular complexity index is 543. The first-order valence-electron chi connectivity index (χ1n) is 6.87. The molecule has 0 bridgehead atoms. The van der Waals surface area contributed by atoms with E-state index in [-0.39, 0.29) is 11.5 Å². The van der Waals surface area contributed by atoms with Gasteiger partial charge in [-0.05, 0) is 38.2 Å². The van der Waals surface area contributed by atoms with Gasteiger partial charge in [0.1, 0.15) is 0 Å². The summed E-state index contributed by atoms with van der Waals surface area (Å²) in [5.41, 5.74) is 2.90. The van der Waals surface area contributed by atoms with Crippen molar-refractivity contribution in [1.29, 1.82) is 0 Å². The lowest BCUT2D eigenvalue weighted by atomic mass is 9.91. The van der Waals surface area contributed by atoms with Crippen molar-refractivity contribution in [2.45, 2.75) is 39.2 Å². The molecule has 20 heavy (non-hydrogen) atoms. The average molecular weight is 273 g/mol. The van der Waals surface area contributed by atoms with Crippen LogP contribution in [0.1, 0.15) is 36.8 Å². The van der Waals surface area contributed by atoms with Crippen molar-refractivity contribution in [1.82, 2.24) is 5.32 Å².